The van der Waals surface area contributed by atoms with Crippen LogP contribution in [-0.2, 0) is 0 Å². The maximum atomic E-state index is 13.0. The average Bonchev–Trinajstić information content (AvgIpc) is 2.24. The lowest BCUT2D eigenvalue weighted by Gasteiger charge is -2.14. The standard InChI is InChI=1S/C11H16FNOS/c12-10-4-1-3-9(7-10)11(8-13)15-6-2-5-14/h1,3-4,7,11,14H,2,5-6,8,13H2. The lowest BCUT2D eigenvalue weighted by Crippen LogP contribution is -2.10. The van der Waals surface area contributed by atoms with Gasteiger partial charge in [-0.2, -0.15) is 11.8 Å². The zero-order valence-electron chi connectivity index (χ0n) is 8.53. The lowest BCUT2D eigenvalue weighted by molar-refractivity contribution is 0.296. The lowest BCUT2D eigenvalue weighted by atomic mass is 10.1. The van der Waals surface area contributed by atoms with Gasteiger partial charge in [0.25, 0.3) is 0 Å². The predicted molar refractivity (Wildman–Crippen MR) is 62.4 cm³/mol. The molecule has 0 saturated heterocycles. The Morgan fingerprint density at radius 3 is 2.87 bits per heavy atom. The second-order valence-electron chi connectivity index (χ2n) is 3.23. The van der Waals surface area contributed by atoms with Crippen LogP contribution in [0.15, 0.2) is 24.3 Å². The molecule has 0 saturated carbocycles. The van der Waals surface area contributed by atoms with Crippen molar-refractivity contribution >= 4 is 11.8 Å². The molecular weight excluding hydrogens is 213 g/mol. The minimum Gasteiger partial charge on any atom is -0.396 e. The molecular formula is C11H16FNOS. The summed E-state index contributed by atoms with van der Waals surface area (Å²) < 4.78 is 13.0. The molecule has 84 valence electrons. The molecule has 1 atom stereocenters. The van der Waals surface area contributed by atoms with Crippen molar-refractivity contribution in [2.45, 2.75) is 11.7 Å². The second kappa shape index (κ2) is 6.82. The summed E-state index contributed by atoms with van der Waals surface area (Å²) in [6, 6.07) is 6.52. The van der Waals surface area contributed by atoms with Crippen molar-refractivity contribution < 1.29 is 9.50 Å². The molecule has 0 bridgehead atoms. The highest BCUT2D eigenvalue weighted by atomic mass is 32.2. The predicted octanol–water partition coefficient (Wildman–Crippen LogP) is 1.94. The molecule has 0 aromatic heterocycles. The van der Waals surface area contributed by atoms with Crippen LogP contribution in [0.2, 0.25) is 0 Å². The van der Waals surface area contributed by atoms with Crippen molar-refractivity contribution in [3.05, 3.63) is 35.6 Å². The SMILES string of the molecule is NCC(SCCCO)c1cccc(F)c1. The van der Waals surface area contributed by atoms with Gasteiger partial charge in [0, 0.05) is 18.4 Å². The van der Waals surface area contributed by atoms with E-state index in [0.717, 1.165) is 17.7 Å². The van der Waals surface area contributed by atoms with E-state index in [2.05, 4.69) is 0 Å². The fourth-order valence-corrected chi connectivity index (χ4v) is 2.35. The molecule has 1 aromatic rings. The quantitative estimate of drug-likeness (QED) is 0.733. The minimum atomic E-state index is -0.228. The summed E-state index contributed by atoms with van der Waals surface area (Å²) in [4.78, 5) is 0. The summed E-state index contributed by atoms with van der Waals surface area (Å²) in [5, 5.41) is 8.78. The number of benzene rings is 1. The molecule has 1 rings (SSSR count). The third kappa shape index (κ3) is 4.20. The molecule has 4 heteroatoms. The highest BCUT2D eigenvalue weighted by Gasteiger charge is 2.10. The number of aliphatic hydroxyl groups is 1. The molecule has 2 nitrogen and oxygen atoms in total. The van der Waals surface area contributed by atoms with Gasteiger partial charge in [-0.05, 0) is 29.9 Å². The van der Waals surface area contributed by atoms with E-state index in [1.54, 1.807) is 17.8 Å². The van der Waals surface area contributed by atoms with E-state index in [1.807, 2.05) is 6.07 Å². The zero-order valence-corrected chi connectivity index (χ0v) is 9.34. The molecule has 0 amide bonds. The van der Waals surface area contributed by atoms with Crippen molar-refractivity contribution in [2.75, 3.05) is 18.9 Å². The van der Waals surface area contributed by atoms with Crippen LogP contribution in [0.25, 0.3) is 0 Å². The van der Waals surface area contributed by atoms with Crippen LogP contribution in [0.3, 0.4) is 0 Å². The van der Waals surface area contributed by atoms with Crippen LogP contribution in [0.5, 0.6) is 0 Å². The Labute approximate surface area is 93.7 Å². The first-order valence-electron chi connectivity index (χ1n) is 4.96. The van der Waals surface area contributed by atoms with Gasteiger partial charge in [0.05, 0.1) is 0 Å². The molecule has 0 heterocycles. The largest absolute Gasteiger partial charge is 0.396 e. The Bertz CT molecular complexity index is 296. The molecule has 0 fully saturated rings. The van der Waals surface area contributed by atoms with Crippen LogP contribution in [0.1, 0.15) is 17.2 Å². The van der Waals surface area contributed by atoms with Gasteiger partial charge in [-0.1, -0.05) is 12.1 Å². The van der Waals surface area contributed by atoms with Crippen LogP contribution < -0.4 is 5.73 Å². The van der Waals surface area contributed by atoms with Crippen LogP contribution in [0.4, 0.5) is 4.39 Å². The Hall–Kier alpha value is -0.580. The van der Waals surface area contributed by atoms with Gasteiger partial charge in [-0.25, -0.2) is 4.39 Å². The molecule has 0 aliphatic rings. The second-order valence-corrected chi connectivity index (χ2v) is 4.54. The van der Waals surface area contributed by atoms with Crippen molar-refractivity contribution in [3.8, 4) is 0 Å². The van der Waals surface area contributed by atoms with Gasteiger partial charge in [0.2, 0.25) is 0 Å². The summed E-state index contributed by atoms with van der Waals surface area (Å²) in [7, 11) is 0. The first-order chi connectivity index (χ1) is 7.27. The normalized spacial score (nSPS) is 12.7. The van der Waals surface area contributed by atoms with E-state index in [9.17, 15) is 4.39 Å². The van der Waals surface area contributed by atoms with Crippen molar-refractivity contribution in [1.29, 1.82) is 0 Å². The maximum absolute atomic E-state index is 13.0. The number of hydrogen-bond acceptors (Lipinski definition) is 3. The van der Waals surface area contributed by atoms with Gasteiger partial charge in [-0.3, -0.25) is 0 Å². The monoisotopic (exact) mass is 229 g/mol. The fourth-order valence-electron chi connectivity index (χ4n) is 1.30. The van der Waals surface area contributed by atoms with E-state index in [-0.39, 0.29) is 17.7 Å². The van der Waals surface area contributed by atoms with Gasteiger partial charge < -0.3 is 10.8 Å². The Morgan fingerprint density at radius 1 is 1.47 bits per heavy atom. The van der Waals surface area contributed by atoms with Gasteiger partial charge in [0.15, 0.2) is 0 Å². The summed E-state index contributed by atoms with van der Waals surface area (Å²) in [5.41, 5.74) is 6.55. The number of thioether (sulfide) groups is 1. The van der Waals surface area contributed by atoms with E-state index >= 15 is 0 Å². The average molecular weight is 229 g/mol. The smallest absolute Gasteiger partial charge is 0.123 e. The first-order valence-corrected chi connectivity index (χ1v) is 6.00. The number of hydrogen-bond donors (Lipinski definition) is 2. The van der Waals surface area contributed by atoms with Crippen molar-refractivity contribution in [3.63, 3.8) is 0 Å². The van der Waals surface area contributed by atoms with Crippen LogP contribution >= 0.6 is 11.8 Å². The summed E-state index contributed by atoms with van der Waals surface area (Å²) >= 11 is 1.66. The minimum absolute atomic E-state index is 0.118. The van der Waals surface area contributed by atoms with Crippen molar-refractivity contribution in [1.82, 2.24) is 0 Å². The summed E-state index contributed by atoms with van der Waals surface area (Å²) in [6.07, 6.45) is 0.747. The molecule has 15 heavy (non-hydrogen) atoms. The number of halogens is 1. The van der Waals surface area contributed by atoms with Crippen molar-refractivity contribution in [2.24, 2.45) is 5.73 Å². The molecule has 0 radical (unpaired) electrons. The Kier molecular flexibility index (Phi) is 5.68. The summed E-state index contributed by atoms with van der Waals surface area (Å²) in [5.74, 6) is 0.614. The highest BCUT2D eigenvalue weighted by Crippen LogP contribution is 2.28. The number of nitrogens with two attached hydrogens (primary N) is 1. The molecule has 1 unspecified atom stereocenters. The van der Waals surface area contributed by atoms with Crippen LogP contribution in [-0.4, -0.2) is 24.0 Å². The third-order valence-electron chi connectivity index (χ3n) is 2.06. The number of rotatable bonds is 6. The van der Waals surface area contributed by atoms with Crippen LogP contribution in [0, 0.1) is 5.82 Å². The van der Waals surface area contributed by atoms with Gasteiger partial charge in [0.1, 0.15) is 5.82 Å². The van der Waals surface area contributed by atoms with E-state index in [4.69, 9.17) is 10.8 Å². The fraction of sp³-hybridized carbons (Fsp3) is 0.455. The topological polar surface area (TPSA) is 46.2 Å². The Morgan fingerprint density at radius 2 is 2.27 bits per heavy atom. The molecule has 0 aliphatic heterocycles. The van der Waals surface area contributed by atoms with E-state index in [1.165, 1.54) is 12.1 Å². The van der Waals surface area contributed by atoms with E-state index in [0.29, 0.717) is 6.54 Å². The molecule has 1 aromatic carbocycles. The highest BCUT2D eigenvalue weighted by molar-refractivity contribution is 7.99. The van der Waals surface area contributed by atoms with E-state index < -0.39 is 0 Å². The molecule has 0 spiro atoms. The summed E-state index contributed by atoms with van der Waals surface area (Å²) in [6.45, 7) is 0.674. The maximum Gasteiger partial charge on any atom is 0.123 e. The Balaban J connectivity index is 2.57. The van der Waals surface area contributed by atoms with Gasteiger partial charge in [-0.15, -0.1) is 0 Å². The molecule has 3 N–H and O–H groups in total. The number of aliphatic hydroxyl groups excluding tert-OH is 1. The zero-order chi connectivity index (χ0) is 11.1. The van der Waals surface area contributed by atoms with Gasteiger partial charge >= 0.3 is 0 Å². The molecule has 0 aliphatic carbocycles. The third-order valence-corrected chi connectivity index (χ3v) is 3.45. The first kappa shape index (κ1) is 12.5.